The Kier molecular flexibility index (Phi) is 5.04. The fourth-order valence-corrected chi connectivity index (χ4v) is 2.99. The van der Waals surface area contributed by atoms with Crippen molar-refractivity contribution in [3.63, 3.8) is 0 Å². The van der Waals surface area contributed by atoms with Gasteiger partial charge in [0.2, 0.25) is 0 Å². The molecule has 0 bridgehead atoms. The SMILES string of the molecule is CN(CCCC(=O)c1cccs1)Cc1cscn1. The first kappa shape index (κ1) is 13.4. The molecule has 2 aromatic rings. The van der Waals surface area contributed by atoms with E-state index in [1.54, 1.807) is 11.3 Å². The van der Waals surface area contributed by atoms with Crippen LogP contribution in [-0.4, -0.2) is 29.3 Å². The Morgan fingerprint density at radius 3 is 3.06 bits per heavy atom. The Hall–Kier alpha value is -1.04. The van der Waals surface area contributed by atoms with Crippen molar-refractivity contribution in [1.82, 2.24) is 9.88 Å². The standard InChI is InChI=1S/C13H16N2OS2/c1-15(8-11-9-17-10-14-11)6-2-4-12(16)13-5-3-7-18-13/h3,5,7,9-10H,2,4,6,8H2,1H3. The second kappa shape index (κ2) is 6.78. The van der Waals surface area contributed by atoms with Crippen molar-refractivity contribution >= 4 is 28.5 Å². The second-order valence-corrected chi connectivity index (χ2v) is 5.89. The Bertz CT molecular complexity index is 465. The summed E-state index contributed by atoms with van der Waals surface area (Å²) in [5.41, 5.74) is 2.95. The maximum Gasteiger partial charge on any atom is 0.172 e. The van der Waals surface area contributed by atoms with Gasteiger partial charge in [-0.3, -0.25) is 4.79 Å². The first-order chi connectivity index (χ1) is 8.75. The molecular formula is C13H16N2OS2. The minimum atomic E-state index is 0.257. The fraction of sp³-hybridized carbons (Fsp3) is 0.385. The molecule has 3 nitrogen and oxygen atoms in total. The van der Waals surface area contributed by atoms with Crippen LogP contribution in [0.5, 0.6) is 0 Å². The van der Waals surface area contributed by atoms with Gasteiger partial charge >= 0.3 is 0 Å². The molecule has 0 fully saturated rings. The number of Topliss-reactive ketones (excluding diaryl/α,β-unsaturated/α-hetero) is 1. The van der Waals surface area contributed by atoms with E-state index >= 15 is 0 Å². The maximum atomic E-state index is 11.8. The van der Waals surface area contributed by atoms with Crippen LogP contribution in [0.1, 0.15) is 28.2 Å². The van der Waals surface area contributed by atoms with Crippen LogP contribution in [0.15, 0.2) is 28.4 Å². The molecule has 0 unspecified atom stereocenters. The lowest BCUT2D eigenvalue weighted by Crippen LogP contribution is -2.19. The van der Waals surface area contributed by atoms with Crippen molar-refractivity contribution in [2.24, 2.45) is 0 Å². The van der Waals surface area contributed by atoms with Crippen LogP contribution >= 0.6 is 22.7 Å². The zero-order chi connectivity index (χ0) is 12.8. The van der Waals surface area contributed by atoms with Crippen molar-refractivity contribution in [2.75, 3.05) is 13.6 Å². The van der Waals surface area contributed by atoms with E-state index in [-0.39, 0.29) is 5.78 Å². The number of hydrogen-bond donors (Lipinski definition) is 0. The summed E-state index contributed by atoms with van der Waals surface area (Å²) in [6, 6.07) is 3.82. The van der Waals surface area contributed by atoms with Gasteiger partial charge in [0.05, 0.1) is 16.1 Å². The number of thiophene rings is 1. The first-order valence-corrected chi connectivity index (χ1v) is 7.70. The third-order valence-corrected chi connectivity index (χ3v) is 4.20. The first-order valence-electron chi connectivity index (χ1n) is 5.88. The van der Waals surface area contributed by atoms with Gasteiger partial charge in [-0.05, 0) is 31.5 Å². The van der Waals surface area contributed by atoms with Gasteiger partial charge in [-0.2, -0.15) is 0 Å². The maximum absolute atomic E-state index is 11.8. The van der Waals surface area contributed by atoms with E-state index in [1.807, 2.05) is 23.0 Å². The lowest BCUT2D eigenvalue weighted by atomic mass is 10.2. The minimum absolute atomic E-state index is 0.257. The molecular weight excluding hydrogens is 264 g/mol. The van der Waals surface area contributed by atoms with Gasteiger partial charge in [-0.25, -0.2) is 4.98 Å². The highest BCUT2D eigenvalue weighted by Gasteiger charge is 2.07. The van der Waals surface area contributed by atoms with Gasteiger partial charge in [-0.15, -0.1) is 22.7 Å². The number of carbonyl (C=O) groups is 1. The van der Waals surface area contributed by atoms with Crippen LogP contribution in [0.3, 0.4) is 0 Å². The van der Waals surface area contributed by atoms with Crippen LogP contribution in [0, 0.1) is 0 Å². The average molecular weight is 280 g/mol. The smallest absolute Gasteiger partial charge is 0.172 e. The summed E-state index contributed by atoms with van der Waals surface area (Å²) in [6.45, 7) is 1.78. The normalized spacial score (nSPS) is 11.0. The molecule has 0 aliphatic heterocycles. The zero-order valence-corrected chi connectivity index (χ0v) is 12.0. The highest BCUT2D eigenvalue weighted by atomic mass is 32.1. The lowest BCUT2D eigenvalue weighted by Gasteiger charge is -2.14. The topological polar surface area (TPSA) is 33.2 Å². The molecule has 2 aromatic heterocycles. The summed E-state index contributed by atoms with van der Waals surface area (Å²) in [5.74, 6) is 0.257. The Labute approximate surface area is 115 Å². The number of hydrogen-bond acceptors (Lipinski definition) is 5. The van der Waals surface area contributed by atoms with Gasteiger partial charge in [-0.1, -0.05) is 6.07 Å². The van der Waals surface area contributed by atoms with E-state index in [9.17, 15) is 4.79 Å². The van der Waals surface area contributed by atoms with Crippen molar-refractivity contribution in [3.8, 4) is 0 Å². The van der Waals surface area contributed by atoms with E-state index in [2.05, 4.69) is 22.3 Å². The quantitative estimate of drug-likeness (QED) is 0.730. The Balaban J connectivity index is 1.67. The molecule has 5 heteroatoms. The molecule has 2 rings (SSSR count). The van der Waals surface area contributed by atoms with Gasteiger partial charge < -0.3 is 4.90 Å². The van der Waals surface area contributed by atoms with Crippen molar-refractivity contribution < 1.29 is 4.79 Å². The molecule has 0 radical (unpaired) electrons. The number of ketones is 1. The molecule has 18 heavy (non-hydrogen) atoms. The summed E-state index contributed by atoms with van der Waals surface area (Å²) in [6.07, 6.45) is 1.53. The van der Waals surface area contributed by atoms with E-state index in [1.165, 1.54) is 11.3 Å². The number of rotatable bonds is 7. The third kappa shape index (κ3) is 4.01. The van der Waals surface area contributed by atoms with Crippen molar-refractivity contribution in [1.29, 1.82) is 0 Å². The summed E-state index contributed by atoms with van der Waals surface area (Å²) in [4.78, 5) is 19.1. The van der Waals surface area contributed by atoms with Crippen LogP contribution < -0.4 is 0 Å². The molecule has 0 N–H and O–H groups in total. The molecule has 0 saturated heterocycles. The largest absolute Gasteiger partial charge is 0.301 e. The predicted octanol–water partition coefficient (Wildman–Crippen LogP) is 3.30. The Morgan fingerprint density at radius 1 is 1.50 bits per heavy atom. The molecule has 0 spiro atoms. The molecule has 0 atom stereocenters. The number of carbonyl (C=O) groups excluding carboxylic acids is 1. The molecule has 0 aliphatic carbocycles. The summed E-state index contributed by atoms with van der Waals surface area (Å²) >= 11 is 3.14. The predicted molar refractivity (Wildman–Crippen MR) is 76.3 cm³/mol. The molecule has 0 aromatic carbocycles. The van der Waals surface area contributed by atoms with Crippen LogP contribution in [0.25, 0.3) is 0 Å². The fourth-order valence-electron chi connectivity index (χ4n) is 1.74. The van der Waals surface area contributed by atoms with E-state index in [4.69, 9.17) is 0 Å². The minimum Gasteiger partial charge on any atom is -0.301 e. The number of nitrogens with zero attached hydrogens (tertiary/aromatic N) is 2. The molecule has 96 valence electrons. The Morgan fingerprint density at radius 2 is 2.39 bits per heavy atom. The molecule has 2 heterocycles. The molecule has 0 saturated carbocycles. The summed E-state index contributed by atoms with van der Waals surface area (Å²) in [7, 11) is 2.06. The number of aromatic nitrogens is 1. The zero-order valence-electron chi connectivity index (χ0n) is 10.3. The van der Waals surface area contributed by atoms with Crippen LogP contribution in [0.2, 0.25) is 0 Å². The summed E-state index contributed by atoms with van der Waals surface area (Å²) < 4.78 is 0. The molecule has 0 aliphatic rings. The molecule has 0 amide bonds. The second-order valence-electron chi connectivity index (χ2n) is 4.22. The van der Waals surface area contributed by atoms with Gasteiger partial charge in [0.1, 0.15) is 0 Å². The van der Waals surface area contributed by atoms with Gasteiger partial charge in [0, 0.05) is 18.3 Å². The third-order valence-electron chi connectivity index (χ3n) is 2.66. The van der Waals surface area contributed by atoms with Crippen molar-refractivity contribution in [2.45, 2.75) is 19.4 Å². The lowest BCUT2D eigenvalue weighted by molar-refractivity contribution is 0.0980. The highest BCUT2D eigenvalue weighted by molar-refractivity contribution is 7.12. The van der Waals surface area contributed by atoms with Gasteiger partial charge in [0.25, 0.3) is 0 Å². The number of thiazole rings is 1. The van der Waals surface area contributed by atoms with Gasteiger partial charge in [0.15, 0.2) is 5.78 Å². The average Bonchev–Trinajstić information content (AvgIpc) is 3.00. The highest BCUT2D eigenvalue weighted by Crippen LogP contribution is 2.12. The van der Waals surface area contributed by atoms with Crippen LogP contribution in [-0.2, 0) is 6.54 Å². The van der Waals surface area contributed by atoms with E-state index in [0.717, 1.165) is 30.1 Å². The van der Waals surface area contributed by atoms with E-state index in [0.29, 0.717) is 6.42 Å². The summed E-state index contributed by atoms with van der Waals surface area (Å²) in [5, 5.41) is 4.01. The van der Waals surface area contributed by atoms with Crippen LogP contribution in [0.4, 0.5) is 0 Å². The monoisotopic (exact) mass is 280 g/mol. The van der Waals surface area contributed by atoms with E-state index < -0.39 is 0 Å². The van der Waals surface area contributed by atoms with Crippen molar-refractivity contribution in [3.05, 3.63) is 39.0 Å².